The molecule has 36 heavy (non-hydrogen) atoms. The fraction of sp³-hybridized carbons (Fsp3) is 0.192. The Bertz CT molecular complexity index is 1450. The molecule has 10 heteroatoms. The van der Waals surface area contributed by atoms with Crippen molar-refractivity contribution in [2.75, 3.05) is 30.8 Å². The quantitative estimate of drug-likeness (QED) is 0.351. The van der Waals surface area contributed by atoms with Crippen LogP contribution in [-0.4, -0.2) is 57.0 Å². The number of hydrogen-bond acceptors (Lipinski definition) is 8. The molecule has 3 aromatic heterocycles. The Morgan fingerprint density at radius 1 is 1.22 bits per heavy atom. The van der Waals surface area contributed by atoms with Crippen LogP contribution < -0.4 is 15.4 Å². The van der Waals surface area contributed by atoms with Crippen LogP contribution in [0.25, 0.3) is 22.2 Å². The number of likely N-dealkylation sites (tertiary alicyclic amines) is 1. The Morgan fingerprint density at radius 2 is 2.11 bits per heavy atom. The van der Waals surface area contributed by atoms with Gasteiger partial charge in [-0.15, -0.1) is 0 Å². The van der Waals surface area contributed by atoms with E-state index in [1.54, 1.807) is 30.9 Å². The molecule has 0 spiro atoms. The minimum absolute atomic E-state index is 0.0592. The molecular formula is C26H24ClN7O2. The molecule has 0 saturated carbocycles. The second-order valence-electron chi connectivity index (χ2n) is 8.50. The molecule has 1 amide bonds. The maximum absolute atomic E-state index is 12.1. The van der Waals surface area contributed by atoms with Gasteiger partial charge in [-0.25, -0.2) is 9.97 Å². The van der Waals surface area contributed by atoms with E-state index in [9.17, 15) is 4.79 Å². The van der Waals surface area contributed by atoms with Crippen LogP contribution in [0, 0.1) is 0 Å². The van der Waals surface area contributed by atoms with Gasteiger partial charge in [0.15, 0.2) is 0 Å². The molecule has 1 unspecified atom stereocenters. The van der Waals surface area contributed by atoms with Crippen molar-refractivity contribution in [3.8, 4) is 16.9 Å². The topological polar surface area (TPSA) is 105 Å². The Labute approximate surface area is 213 Å². The van der Waals surface area contributed by atoms with Gasteiger partial charge in [0.05, 0.1) is 16.9 Å². The van der Waals surface area contributed by atoms with Crippen LogP contribution >= 0.6 is 11.6 Å². The summed E-state index contributed by atoms with van der Waals surface area (Å²) in [6, 6.07) is 9.16. The van der Waals surface area contributed by atoms with Crippen LogP contribution in [0.5, 0.6) is 5.75 Å². The van der Waals surface area contributed by atoms with Crippen LogP contribution in [0.2, 0.25) is 5.02 Å². The summed E-state index contributed by atoms with van der Waals surface area (Å²) in [5.74, 6) is 0.641. The second-order valence-corrected chi connectivity index (χ2v) is 8.93. The van der Waals surface area contributed by atoms with Crippen molar-refractivity contribution in [3.05, 3.63) is 72.8 Å². The lowest BCUT2D eigenvalue weighted by Crippen LogP contribution is -2.22. The van der Waals surface area contributed by atoms with Crippen molar-refractivity contribution < 1.29 is 9.53 Å². The number of ether oxygens (including phenoxy) is 1. The van der Waals surface area contributed by atoms with E-state index in [1.807, 2.05) is 24.3 Å². The lowest BCUT2D eigenvalue weighted by atomic mass is 10.1. The summed E-state index contributed by atoms with van der Waals surface area (Å²) < 4.78 is 6.18. The maximum atomic E-state index is 12.1. The van der Waals surface area contributed by atoms with Crippen molar-refractivity contribution in [3.63, 3.8) is 0 Å². The van der Waals surface area contributed by atoms with Crippen LogP contribution in [0.3, 0.4) is 0 Å². The summed E-state index contributed by atoms with van der Waals surface area (Å²) in [5.41, 5.74) is 4.18. The highest BCUT2D eigenvalue weighted by Gasteiger charge is 2.22. The molecular weight excluding hydrogens is 478 g/mol. The Balaban J connectivity index is 1.45. The predicted octanol–water partition coefficient (Wildman–Crippen LogP) is 4.69. The molecule has 0 radical (unpaired) electrons. The normalized spacial score (nSPS) is 15.6. The number of carbonyl (C=O) groups is 1. The molecule has 0 bridgehead atoms. The van der Waals surface area contributed by atoms with E-state index in [-0.39, 0.29) is 12.0 Å². The third-order valence-electron chi connectivity index (χ3n) is 5.82. The van der Waals surface area contributed by atoms with Gasteiger partial charge in [-0.2, -0.15) is 0 Å². The average molecular weight is 502 g/mol. The first-order valence-electron chi connectivity index (χ1n) is 11.4. The first kappa shape index (κ1) is 23.7. The fourth-order valence-electron chi connectivity index (χ4n) is 4.08. The number of rotatable bonds is 7. The molecule has 1 atom stereocenters. The van der Waals surface area contributed by atoms with Gasteiger partial charge in [-0.05, 0) is 49.9 Å². The zero-order valence-corrected chi connectivity index (χ0v) is 20.4. The molecule has 0 aliphatic carbocycles. The number of halogens is 1. The van der Waals surface area contributed by atoms with Crippen LogP contribution in [0.15, 0.2) is 67.8 Å². The molecule has 1 aliphatic heterocycles. The Kier molecular flexibility index (Phi) is 6.75. The monoisotopic (exact) mass is 501 g/mol. The highest BCUT2D eigenvalue weighted by atomic mass is 35.5. The summed E-state index contributed by atoms with van der Waals surface area (Å²) >= 11 is 6.15. The molecule has 182 valence electrons. The maximum Gasteiger partial charge on any atom is 0.247 e. The molecule has 2 N–H and O–H groups in total. The number of amides is 1. The molecule has 1 saturated heterocycles. The summed E-state index contributed by atoms with van der Waals surface area (Å²) in [7, 11) is 2.06. The molecule has 9 nitrogen and oxygen atoms in total. The van der Waals surface area contributed by atoms with Gasteiger partial charge in [0.1, 0.15) is 22.9 Å². The third-order valence-corrected chi connectivity index (χ3v) is 6.02. The van der Waals surface area contributed by atoms with Gasteiger partial charge >= 0.3 is 0 Å². The van der Waals surface area contributed by atoms with E-state index in [1.165, 1.54) is 6.08 Å². The predicted molar refractivity (Wildman–Crippen MR) is 141 cm³/mol. The smallest absolute Gasteiger partial charge is 0.247 e. The summed E-state index contributed by atoms with van der Waals surface area (Å²) in [4.78, 5) is 32.0. The van der Waals surface area contributed by atoms with E-state index in [4.69, 9.17) is 21.3 Å². The van der Waals surface area contributed by atoms with Gasteiger partial charge in [0.2, 0.25) is 11.9 Å². The highest BCUT2D eigenvalue weighted by molar-refractivity contribution is 6.30. The standard InChI is InChI=1S/C26H24ClN7O2/c1-3-24(35)32-21-11-18(4-5-23(21)36-19-7-9-34(2)15-19)31-26-30-14-22-25(33-26)20(6-8-29-22)16-10-17(27)13-28-12-16/h3-6,8,10-14,19H,1,7,9,15H2,2H3,(H,32,35)(H,30,31,33). The molecule has 1 aliphatic rings. The van der Waals surface area contributed by atoms with Crippen molar-refractivity contribution in [1.29, 1.82) is 0 Å². The van der Waals surface area contributed by atoms with E-state index >= 15 is 0 Å². The number of fused-ring (bicyclic) bond motifs is 1. The number of nitrogens with zero attached hydrogens (tertiary/aromatic N) is 5. The molecule has 4 aromatic rings. The number of nitrogens with one attached hydrogen (secondary N) is 2. The van der Waals surface area contributed by atoms with Gasteiger partial charge < -0.3 is 20.3 Å². The number of hydrogen-bond donors (Lipinski definition) is 2. The first-order chi connectivity index (χ1) is 17.5. The zero-order chi connectivity index (χ0) is 25.1. The Morgan fingerprint density at radius 3 is 2.89 bits per heavy atom. The third kappa shape index (κ3) is 5.27. The minimum Gasteiger partial charge on any atom is -0.487 e. The number of likely N-dealkylation sites (N-methyl/N-ethyl adjacent to an activating group) is 1. The largest absolute Gasteiger partial charge is 0.487 e. The molecule has 5 rings (SSSR count). The van der Waals surface area contributed by atoms with E-state index < -0.39 is 0 Å². The summed E-state index contributed by atoms with van der Waals surface area (Å²) in [6.45, 7) is 5.35. The molecule has 1 aromatic carbocycles. The van der Waals surface area contributed by atoms with Crippen molar-refractivity contribution in [1.82, 2.24) is 24.8 Å². The van der Waals surface area contributed by atoms with Gasteiger partial charge in [0, 0.05) is 48.5 Å². The first-order valence-corrected chi connectivity index (χ1v) is 11.8. The van der Waals surface area contributed by atoms with E-state index in [0.717, 1.165) is 30.6 Å². The zero-order valence-electron chi connectivity index (χ0n) is 19.6. The number of aromatic nitrogens is 4. The van der Waals surface area contributed by atoms with Crippen molar-refractivity contribution in [2.24, 2.45) is 0 Å². The highest BCUT2D eigenvalue weighted by Crippen LogP contribution is 2.32. The lowest BCUT2D eigenvalue weighted by Gasteiger charge is -2.18. The number of carbonyl (C=O) groups excluding carboxylic acids is 1. The number of anilines is 3. The van der Waals surface area contributed by atoms with E-state index in [2.05, 4.69) is 44.1 Å². The second kappa shape index (κ2) is 10.3. The number of pyridine rings is 2. The van der Waals surface area contributed by atoms with Gasteiger partial charge in [-0.3, -0.25) is 14.8 Å². The van der Waals surface area contributed by atoms with Crippen LogP contribution in [0.1, 0.15) is 6.42 Å². The summed E-state index contributed by atoms with van der Waals surface area (Å²) in [5, 5.41) is 6.58. The van der Waals surface area contributed by atoms with Gasteiger partial charge in [0.25, 0.3) is 0 Å². The van der Waals surface area contributed by atoms with Gasteiger partial charge in [-0.1, -0.05) is 18.2 Å². The number of benzene rings is 1. The average Bonchev–Trinajstić information content (AvgIpc) is 3.29. The molecule has 1 fully saturated rings. The van der Waals surface area contributed by atoms with E-state index in [0.29, 0.717) is 39.1 Å². The Hall–Kier alpha value is -4.08. The molecule has 4 heterocycles. The SMILES string of the molecule is C=CC(=O)Nc1cc(Nc2ncc3nccc(-c4cncc(Cl)c4)c3n2)ccc1OC1CCN(C)C1. The van der Waals surface area contributed by atoms with Crippen LogP contribution in [0.4, 0.5) is 17.3 Å². The van der Waals surface area contributed by atoms with Crippen molar-refractivity contribution >= 4 is 45.9 Å². The summed E-state index contributed by atoms with van der Waals surface area (Å²) in [6.07, 6.45) is 8.87. The lowest BCUT2D eigenvalue weighted by molar-refractivity contribution is -0.111. The minimum atomic E-state index is -0.326. The van der Waals surface area contributed by atoms with Crippen molar-refractivity contribution in [2.45, 2.75) is 12.5 Å². The van der Waals surface area contributed by atoms with Crippen LogP contribution in [-0.2, 0) is 4.79 Å². The fourth-order valence-corrected chi connectivity index (χ4v) is 4.26.